The summed E-state index contributed by atoms with van der Waals surface area (Å²) in [6, 6.07) is 7.07. The van der Waals surface area contributed by atoms with Gasteiger partial charge in [-0.05, 0) is 25.5 Å². The van der Waals surface area contributed by atoms with Crippen LogP contribution in [0.25, 0.3) is 0 Å². The minimum atomic E-state index is -0.934. The Hall–Kier alpha value is -2.63. The molecule has 0 radical (unpaired) electrons. The topological polar surface area (TPSA) is 83.6 Å². The molecular weight excluding hydrogens is 272 g/mol. The van der Waals surface area contributed by atoms with Crippen LogP contribution in [0.3, 0.4) is 0 Å². The van der Waals surface area contributed by atoms with Gasteiger partial charge in [0, 0.05) is 12.2 Å². The summed E-state index contributed by atoms with van der Waals surface area (Å²) in [5.74, 6) is -1.47. The summed E-state index contributed by atoms with van der Waals surface area (Å²) in [6.45, 7) is 3.49. The minimum Gasteiger partial charge on any atom is -0.481 e. The summed E-state index contributed by atoms with van der Waals surface area (Å²) >= 11 is 0. The van der Waals surface area contributed by atoms with Gasteiger partial charge in [-0.3, -0.25) is 9.59 Å². The summed E-state index contributed by atoms with van der Waals surface area (Å²) in [6.07, 6.45) is 0. The third kappa shape index (κ3) is 1.99. The molecule has 2 aromatic rings. The van der Waals surface area contributed by atoms with Crippen LogP contribution < -0.4 is 4.90 Å². The first-order chi connectivity index (χ1) is 10.0. The predicted octanol–water partition coefficient (Wildman–Crippen LogP) is 2.12. The summed E-state index contributed by atoms with van der Waals surface area (Å²) in [4.78, 5) is 25.6. The Morgan fingerprint density at radius 1 is 1.33 bits per heavy atom. The molecule has 1 aliphatic heterocycles. The van der Waals surface area contributed by atoms with Crippen molar-refractivity contribution < 1.29 is 19.2 Å². The zero-order valence-electron chi connectivity index (χ0n) is 11.7. The second-order valence-electron chi connectivity index (χ2n) is 5.06. The van der Waals surface area contributed by atoms with E-state index >= 15 is 0 Å². The number of anilines is 1. The normalized spacial score (nSPS) is 16.9. The molecule has 2 heterocycles. The molecule has 0 bridgehead atoms. The molecule has 21 heavy (non-hydrogen) atoms. The van der Waals surface area contributed by atoms with Gasteiger partial charge in [0.1, 0.15) is 17.2 Å². The number of aromatic nitrogens is 1. The number of carbonyl (C=O) groups excluding carboxylic acids is 1. The number of hydrogen-bond donors (Lipinski definition) is 1. The van der Waals surface area contributed by atoms with E-state index in [0.717, 1.165) is 0 Å². The molecule has 0 unspecified atom stereocenters. The van der Waals surface area contributed by atoms with Gasteiger partial charge in [0.25, 0.3) is 5.91 Å². The molecule has 0 saturated carbocycles. The van der Waals surface area contributed by atoms with Gasteiger partial charge in [-0.15, -0.1) is 0 Å². The lowest BCUT2D eigenvalue weighted by Crippen LogP contribution is -2.31. The Morgan fingerprint density at radius 3 is 2.67 bits per heavy atom. The molecule has 108 valence electrons. The lowest BCUT2D eigenvalue weighted by Gasteiger charge is -2.17. The van der Waals surface area contributed by atoms with E-state index in [1.807, 2.05) is 0 Å². The van der Waals surface area contributed by atoms with Crippen molar-refractivity contribution in [1.29, 1.82) is 0 Å². The van der Waals surface area contributed by atoms with Gasteiger partial charge in [-0.1, -0.05) is 23.4 Å². The fraction of sp³-hybridized carbons (Fsp3) is 0.267. The number of hydrogen-bond acceptors (Lipinski definition) is 4. The third-order valence-corrected chi connectivity index (χ3v) is 3.76. The number of carboxylic acid groups (broad SMARTS) is 1. The number of nitrogens with zero attached hydrogens (tertiary/aromatic N) is 2. The molecule has 1 aromatic carbocycles. The van der Waals surface area contributed by atoms with Crippen LogP contribution in [0.2, 0.25) is 0 Å². The van der Waals surface area contributed by atoms with Crippen molar-refractivity contribution in [2.24, 2.45) is 0 Å². The van der Waals surface area contributed by atoms with Gasteiger partial charge in [0.15, 0.2) is 0 Å². The maximum absolute atomic E-state index is 12.7. The van der Waals surface area contributed by atoms with Crippen molar-refractivity contribution >= 4 is 17.6 Å². The highest BCUT2D eigenvalue weighted by atomic mass is 16.5. The van der Waals surface area contributed by atoms with E-state index in [2.05, 4.69) is 5.16 Å². The average Bonchev–Trinajstić information content (AvgIpc) is 2.99. The molecule has 1 N–H and O–H groups in total. The molecular formula is C15H14N2O4. The largest absolute Gasteiger partial charge is 0.481 e. The van der Waals surface area contributed by atoms with E-state index in [1.54, 1.807) is 38.1 Å². The Kier molecular flexibility index (Phi) is 3.01. The molecule has 6 nitrogen and oxygen atoms in total. The van der Waals surface area contributed by atoms with Crippen LogP contribution in [-0.4, -0.2) is 28.7 Å². The van der Waals surface area contributed by atoms with E-state index in [-0.39, 0.29) is 12.5 Å². The molecule has 3 rings (SSSR count). The van der Waals surface area contributed by atoms with Crippen molar-refractivity contribution in [1.82, 2.24) is 5.16 Å². The van der Waals surface area contributed by atoms with Crippen molar-refractivity contribution in [3.8, 4) is 0 Å². The van der Waals surface area contributed by atoms with E-state index in [1.165, 1.54) is 4.90 Å². The van der Waals surface area contributed by atoms with E-state index in [0.29, 0.717) is 28.3 Å². The zero-order chi connectivity index (χ0) is 15.1. The van der Waals surface area contributed by atoms with Gasteiger partial charge in [0.2, 0.25) is 0 Å². The molecule has 1 aliphatic rings. The summed E-state index contributed by atoms with van der Waals surface area (Å²) < 4.78 is 5.02. The van der Waals surface area contributed by atoms with Crippen LogP contribution in [0.15, 0.2) is 28.8 Å². The number of aliphatic carboxylic acids is 1. The number of benzene rings is 1. The molecule has 1 aromatic heterocycles. The van der Waals surface area contributed by atoms with Crippen molar-refractivity contribution in [2.75, 3.05) is 11.4 Å². The van der Waals surface area contributed by atoms with E-state index in [9.17, 15) is 14.7 Å². The van der Waals surface area contributed by atoms with Gasteiger partial charge in [0.05, 0.1) is 5.69 Å². The van der Waals surface area contributed by atoms with Crippen LogP contribution in [0.1, 0.15) is 33.3 Å². The fourth-order valence-corrected chi connectivity index (χ4v) is 2.73. The van der Waals surface area contributed by atoms with Crippen LogP contribution in [0, 0.1) is 13.8 Å². The maximum atomic E-state index is 12.7. The number of amides is 1. The fourth-order valence-electron chi connectivity index (χ4n) is 2.73. The Labute approximate surface area is 121 Å². The number of para-hydroxylation sites is 1. The number of fused-ring (bicyclic) bond motifs is 1. The molecule has 0 saturated heterocycles. The monoisotopic (exact) mass is 286 g/mol. The molecule has 0 fully saturated rings. The second-order valence-corrected chi connectivity index (χ2v) is 5.06. The standard InChI is InChI=1S/C15H14N2O4/c1-8-13(9(2)21-16-8)14(18)17-7-11(15(19)20)10-5-3-4-6-12(10)17/h3-6,11H,7H2,1-2H3,(H,19,20)/t11-/m1/s1. The van der Waals surface area contributed by atoms with Crippen molar-refractivity contribution in [3.05, 3.63) is 46.8 Å². The lowest BCUT2D eigenvalue weighted by atomic mass is 10.0. The molecule has 0 aliphatic carbocycles. The third-order valence-electron chi connectivity index (χ3n) is 3.76. The molecule has 6 heteroatoms. The van der Waals surface area contributed by atoms with E-state index < -0.39 is 11.9 Å². The summed E-state index contributed by atoms with van der Waals surface area (Å²) in [5, 5.41) is 13.1. The van der Waals surface area contributed by atoms with Gasteiger partial charge >= 0.3 is 5.97 Å². The zero-order valence-corrected chi connectivity index (χ0v) is 11.7. The number of carbonyl (C=O) groups is 2. The van der Waals surface area contributed by atoms with Crippen LogP contribution in [0.5, 0.6) is 0 Å². The Bertz CT molecular complexity index is 716. The summed E-state index contributed by atoms with van der Waals surface area (Å²) in [7, 11) is 0. The second kappa shape index (κ2) is 4.73. The SMILES string of the molecule is Cc1noc(C)c1C(=O)N1C[C@@H](C(=O)O)c2ccccc21. The van der Waals surface area contributed by atoms with Crippen LogP contribution >= 0.6 is 0 Å². The Balaban J connectivity index is 2.05. The Morgan fingerprint density at radius 2 is 2.05 bits per heavy atom. The quantitative estimate of drug-likeness (QED) is 0.914. The highest BCUT2D eigenvalue weighted by molar-refractivity contribution is 6.09. The number of aryl methyl sites for hydroxylation is 2. The summed E-state index contributed by atoms with van der Waals surface area (Å²) in [5.41, 5.74) is 2.20. The molecule has 0 spiro atoms. The van der Waals surface area contributed by atoms with Gasteiger partial charge in [-0.2, -0.15) is 0 Å². The smallest absolute Gasteiger partial charge is 0.312 e. The van der Waals surface area contributed by atoms with Crippen molar-refractivity contribution in [2.45, 2.75) is 19.8 Å². The van der Waals surface area contributed by atoms with E-state index in [4.69, 9.17) is 4.52 Å². The van der Waals surface area contributed by atoms with Crippen molar-refractivity contribution in [3.63, 3.8) is 0 Å². The van der Waals surface area contributed by atoms with Gasteiger partial charge < -0.3 is 14.5 Å². The van der Waals surface area contributed by atoms with Gasteiger partial charge in [-0.25, -0.2) is 0 Å². The molecule has 1 atom stereocenters. The van der Waals surface area contributed by atoms with Crippen LogP contribution in [0.4, 0.5) is 5.69 Å². The van der Waals surface area contributed by atoms with Crippen LogP contribution in [-0.2, 0) is 4.79 Å². The molecule has 1 amide bonds. The predicted molar refractivity (Wildman–Crippen MR) is 74.5 cm³/mol. The first-order valence-corrected chi connectivity index (χ1v) is 6.57. The highest BCUT2D eigenvalue weighted by Gasteiger charge is 2.38. The first-order valence-electron chi connectivity index (χ1n) is 6.57. The lowest BCUT2D eigenvalue weighted by molar-refractivity contribution is -0.138. The number of carboxylic acids is 1. The number of rotatable bonds is 2. The maximum Gasteiger partial charge on any atom is 0.312 e. The first kappa shape index (κ1) is 13.4. The highest BCUT2D eigenvalue weighted by Crippen LogP contribution is 2.37. The average molecular weight is 286 g/mol. The minimum absolute atomic E-state index is 0.123.